The lowest BCUT2D eigenvalue weighted by molar-refractivity contribution is 0.511. The van der Waals surface area contributed by atoms with Crippen molar-refractivity contribution in [1.82, 2.24) is 14.5 Å². The van der Waals surface area contributed by atoms with E-state index in [-0.39, 0.29) is 23.7 Å². The van der Waals surface area contributed by atoms with Gasteiger partial charge in [0.1, 0.15) is 12.5 Å². The van der Waals surface area contributed by atoms with Gasteiger partial charge in [0.25, 0.3) is 0 Å². The summed E-state index contributed by atoms with van der Waals surface area (Å²) in [6, 6.07) is 22.3. The number of fused-ring (bicyclic) bond motifs is 1. The lowest BCUT2D eigenvalue weighted by Crippen LogP contribution is -2.31. The summed E-state index contributed by atoms with van der Waals surface area (Å²) in [5.74, 6) is -0.768. The molecule has 0 spiro atoms. The van der Waals surface area contributed by atoms with Gasteiger partial charge in [-0.2, -0.15) is 5.10 Å². The molecule has 1 N–H and O–H groups in total. The summed E-state index contributed by atoms with van der Waals surface area (Å²) in [4.78, 5) is 0. The van der Waals surface area contributed by atoms with Gasteiger partial charge in [0.2, 0.25) is 10.0 Å². The van der Waals surface area contributed by atoms with Crippen molar-refractivity contribution in [2.24, 2.45) is 5.92 Å². The van der Waals surface area contributed by atoms with Crippen LogP contribution in [0, 0.1) is 11.7 Å². The lowest BCUT2D eigenvalue weighted by atomic mass is 9.85. The third-order valence-electron chi connectivity index (χ3n) is 6.44. The highest BCUT2D eigenvalue weighted by Crippen LogP contribution is 2.58. The van der Waals surface area contributed by atoms with Crippen LogP contribution in [0.4, 0.5) is 8.78 Å². The second kappa shape index (κ2) is 8.35. The molecule has 1 heterocycles. The number of nitrogens with zero attached hydrogens (tertiary/aromatic N) is 2. The van der Waals surface area contributed by atoms with Crippen LogP contribution in [0.2, 0.25) is 0 Å². The Morgan fingerprint density at radius 3 is 2.52 bits per heavy atom. The number of hydrogen-bond donors (Lipinski definition) is 1. The largest absolute Gasteiger partial charge is 0.250 e. The Bertz CT molecular complexity index is 1390. The SMILES string of the molecule is O=S(=O)(CCF)NCC1CC1(c1ccccc1)c1ccc2c(cnn2-c2ccc(F)cc2)c1. The number of alkyl halides is 1. The van der Waals surface area contributed by atoms with Gasteiger partial charge in [0.15, 0.2) is 0 Å². The van der Waals surface area contributed by atoms with Crippen molar-refractivity contribution in [2.45, 2.75) is 11.8 Å². The standard InChI is InChI=1S/C25H23F2N3O2S/c26-12-13-33(31,32)29-17-21-15-25(21,19-4-2-1-3-5-19)20-6-11-24-18(14-20)16-28-30(24)23-9-7-22(27)8-10-23/h1-11,14,16,21,29H,12-13,15,17H2. The van der Waals surface area contributed by atoms with E-state index in [1.807, 2.05) is 30.3 Å². The maximum Gasteiger partial charge on any atom is 0.214 e. The molecule has 0 radical (unpaired) electrons. The van der Waals surface area contributed by atoms with Crippen LogP contribution in [-0.2, 0) is 15.4 Å². The van der Waals surface area contributed by atoms with E-state index in [2.05, 4.69) is 28.0 Å². The molecule has 1 aromatic heterocycles. The van der Waals surface area contributed by atoms with Crippen molar-refractivity contribution in [3.8, 4) is 5.69 Å². The number of nitrogens with one attached hydrogen (secondary N) is 1. The van der Waals surface area contributed by atoms with Gasteiger partial charge in [-0.05, 0) is 59.9 Å². The van der Waals surface area contributed by atoms with E-state index >= 15 is 0 Å². The van der Waals surface area contributed by atoms with Crippen molar-refractivity contribution in [1.29, 1.82) is 0 Å². The lowest BCUT2D eigenvalue weighted by Gasteiger charge is -2.20. The molecule has 8 heteroatoms. The van der Waals surface area contributed by atoms with Gasteiger partial charge >= 0.3 is 0 Å². The van der Waals surface area contributed by atoms with Gasteiger partial charge in [-0.25, -0.2) is 26.6 Å². The first-order valence-electron chi connectivity index (χ1n) is 10.8. The second-order valence-electron chi connectivity index (χ2n) is 8.40. The zero-order valence-corrected chi connectivity index (χ0v) is 18.6. The fraction of sp³-hybridized carbons (Fsp3) is 0.240. The van der Waals surface area contributed by atoms with Crippen molar-refractivity contribution < 1.29 is 17.2 Å². The number of benzene rings is 3. The Hall–Kier alpha value is -3.10. The summed E-state index contributed by atoms with van der Waals surface area (Å²) in [6.07, 6.45) is 2.56. The molecular formula is C25H23F2N3O2S. The summed E-state index contributed by atoms with van der Waals surface area (Å²) in [5, 5.41) is 5.43. The Kier molecular flexibility index (Phi) is 5.50. The van der Waals surface area contributed by atoms with Crippen LogP contribution >= 0.6 is 0 Å². The van der Waals surface area contributed by atoms with Crippen molar-refractivity contribution in [2.75, 3.05) is 19.0 Å². The minimum absolute atomic E-state index is 0.0545. The molecular weight excluding hydrogens is 444 g/mol. The normalized spacial score (nSPS) is 20.2. The number of sulfonamides is 1. The number of rotatable bonds is 8. The van der Waals surface area contributed by atoms with Crippen molar-refractivity contribution in [3.63, 3.8) is 0 Å². The summed E-state index contributed by atoms with van der Waals surface area (Å²) in [6.45, 7) is -0.650. The predicted octanol–water partition coefficient (Wildman–Crippen LogP) is 4.36. The molecule has 1 saturated carbocycles. The van der Waals surface area contributed by atoms with E-state index < -0.39 is 22.5 Å². The molecule has 1 fully saturated rings. The van der Waals surface area contributed by atoms with Crippen molar-refractivity contribution >= 4 is 20.9 Å². The fourth-order valence-corrected chi connectivity index (χ4v) is 5.49. The van der Waals surface area contributed by atoms with Crippen LogP contribution in [0.5, 0.6) is 0 Å². The first-order chi connectivity index (χ1) is 15.9. The van der Waals surface area contributed by atoms with Crippen LogP contribution in [0.15, 0.2) is 79.0 Å². The maximum atomic E-state index is 13.3. The second-order valence-corrected chi connectivity index (χ2v) is 10.3. The highest BCUT2D eigenvalue weighted by atomic mass is 32.2. The van der Waals surface area contributed by atoms with Crippen molar-refractivity contribution in [3.05, 3.63) is 95.9 Å². The molecule has 5 rings (SSSR count). The minimum atomic E-state index is -3.63. The molecule has 5 nitrogen and oxygen atoms in total. The van der Waals surface area contributed by atoms with E-state index in [0.717, 1.165) is 34.1 Å². The Morgan fingerprint density at radius 2 is 1.79 bits per heavy atom. The topological polar surface area (TPSA) is 64.0 Å². The highest BCUT2D eigenvalue weighted by Gasteiger charge is 2.56. The maximum absolute atomic E-state index is 13.3. The van der Waals surface area contributed by atoms with E-state index in [4.69, 9.17) is 0 Å². The zero-order chi connectivity index (χ0) is 23.1. The smallest absolute Gasteiger partial charge is 0.214 e. The highest BCUT2D eigenvalue weighted by molar-refractivity contribution is 7.89. The zero-order valence-electron chi connectivity index (χ0n) is 17.8. The van der Waals surface area contributed by atoms with Gasteiger partial charge in [-0.1, -0.05) is 36.4 Å². The monoisotopic (exact) mass is 467 g/mol. The van der Waals surface area contributed by atoms with E-state index in [0.29, 0.717) is 0 Å². The van der Waals surface area contributed by atoms with Gasteiger partial charge in [-0.3, -0.25) is 0 Å². The van der Waals surface area contributed by atoms with Crippen LogP contribution < -0.4 is 4.72 Å². The molecule has 4 aromatic rings. The minimum Gasteiger partial charge on any atom is -0.250 e. The molecule has 0 amide bonds. The molecule has 3 aromatic carbocycles. The molecule has 2 atom stereocenters. The first kappa shape index (κ1) is 21.7. The fourth-order valence-electron chi connectivity index (χ4n) is 4.69. The summed E-state index contributed by atoms with van der Waals surface area (Å²) in [5.41, 5.74) is 3.53. The summed E-state index contributed by atoms with van der Waals surface area (Å²) < 4.78 is 54.2. The molecule has 2 unspecified atom stereocenters. The van der Waals surface area contributed by atoms with E-state index in [1.165, 1.54) is 12.1 Å². The average Bonchev–Trinajstić information content (AvgIpc) is 3.42. The van der Waals surface area contributed by atoms with Gasteiger partial charge in [0.05, 0.1) is 23.2 Å². The molecule has 0 bridgehead atoms. The Balaban J connectivity index is 1.50. The number of hydrogen-bond acceptors (Lipinski definition) is 3. The molecule has 0 aliphatic heterocycles. The first-order valence-corrected chi connectivity index (χ1v) is 12.4. The van der Waals surface area contributed by atoms with Gasteiger partial charge in [0, 0.05) is 17.3 Å². The Morgan fingerprint density at radius 1 is 1.03 bits per heavy atom. The van der Waals surface area contributed by atoms with Crippen LogP contribution in [0.1, 0.15) is 17.5 Å². The summed E-state index contributed by atoms with van der Waals surface area (Å²) in [7, 11) is -3.63. The number of halogens is 2. The Labute approximate surface area is 191 Å². The summed E-state index contributed by atoms with van der Waals surface area (Å²) >= 11 is 0. The molecule has 1 aliphatic carbocycles. The average molecular weight is 468 g/mol. The molecule has 0 saturated heterocycles. The molecule has 33 heavy (non-hydrogen) atoms. The molecule has 170 valence electrons. The van der Waals surface area contributed by atoms with Gasteiger partial charge < -0.3 is 0 Å². The number of aromatic nitrogens is 2. The van der Waals surface area contributed by atoms with Crippen LogP contribution in [0.25, 0.3) is 16.6 Å². The van der Waals surface area contributed by atoms with Crippen LogP contribution in [-0.4, -0.2) is 37.2 Å². The quantitative estimate of drug-likeness (QED) is 0.419. The molecule has 1 aliphatic rings. The van der Waals surface area contributed by atoms with E-state index in [9.17, 15) is 17.2 Å². The van der Waals surface area contributed by atoms with Gasteiger partial charge in [-0.15, -0.1) is 0 Å². The van der Waals surface area contributed by atoms with E-state index in [1.54, 1.807) is 23.0 Å². The third kappa shape index (κ3) is 4.05. The predicted molar refractivity (Wildman–Crippen MR) is 124 cm³/mol. The third-order valence-corrected chi connectivity index (χ3v) is 7.74. The van der Waals surface area contributed by atoms with Crippen LogP contribution in [0.3, 0.4) is 0 Å².